The first-order valence-electron chi connectivity index (χ1n) is 6.89. The fraction of sp³-hybridized carbons (Fsp3) is 0.312. The first-order chi connectivity index (χ1) is 10.1. The highest BCUT2D eigenvalue weighted by Crippen LogP contribution is 2.05. The zero-order valence-electron chi connectivity index (χ0n) is 12.7. The van der Waals surface area contributed by atoms with Gasteiger partial charge in [0.25, 0.3) is 0 Å². The van der Waals surface area contributed by atoms with Crippen LogP contribution in [0.5, 0.6) is 0 Å². The highest BCUT2D eigenvalue weighted by Gasteiger charge is 1.94. The molecule has 0 aromatic carbocycles. The van der Waals surface area contributed by atoms with E-state index in [0.717, 1.165) is 42.2 Å². The molecule has 5 nitrogen and oxygen atoms in total. The molecule has 5 heteroatoms. The van der Waals surface area contributed by atoms with Crippen LogP contribution in [-0.2, 0) is 0 Å². The second-order valence-electron chi connectivity index (χ2n) is 4.72. The van der Waals surface area contributed by atoms with Gasteiger partial charge in [0.1, 0.15) is 5.82 Å². The lowest BCUT2D eigenvalue weighted by atomic mass is 10.2. The Morgan fingerprint density at radius 2 is 2.29 bits per heavy atom. The standard InChI is InChI=1S/C16H23N5/c1-13(10-18-3)11-19-9-5-7-15(17)12-20-16-8-4-6-14(2)21-16/h4,6,8,10-12H,3,5,7,9,17H2,1-2H3,(H,20,21)/b13-10-,15-12-,19-11?. The molecule has 0 bridgehead atoms. The Morgan fingerprint density at radius 3 is 3.00 bits per heavy atom. The summed E-state index contributed by atoms with van der Waals surface area (Å²) in [7, 11) is 0. The average molecular weight is 285 g/mol. The lowest BCUT2D eigenvalue weighted by Gasteiger charge is -2.03. The number of anilines is 1. The average Bonchev–Trinajstić information content (AvgIpc) is 2.45. The number of allylic oxidation sites excluding steroid dienone is 2. The molecule has 0 atom stereocenters. The number of aromatic nitrogens is 1. The molecule has 1 aromatic heterocycles. The molecule has 0 radical (unpaired) electrons. The molecule has 0 amide bonds. The Bertz CT molecular complexity index is 543. The molecular weight excluding hydrogens is 262 g/mol. The van der Waals surface area contributed by atoms with Gasteiger partial charge >= 0.3 is 0 Å². The van der Waals surface area contributed by atoms with Crippen molar-refractivity contribution in [3.8, 4) is 0 Å². The molecule has 1 rings (SSSR count). The minimum atomic E-state index is 0.736. The van der Waals surface area contributed by atoms with E-state index in [2.05, 4.69) is 27.0 Å². The van der Waals surface area contributed by atoms with E-state index in [4.69, 9.17) is 5.73 Å². The highest BCUT2D eigenvalue weighted by atomic mass is 15.0. The van der Waals surface area contributed by atoms with Crippen LogP contribution in [0.3, 0.4) is 0 Å². The molecule has 112 valence electrons. The van der Waals surface area contributed by atoms with Crippen molar-refractivity contribution in [3.63, 3.8) is 0 Å². The fourth-order valence-electron chi connectivity index (χ4n) is 1.62. The van der Waals surface area contributed by atoms with Crippen LogP contribution in [0.25, 0.3) is 0 Å². The molecule has 0 saturated heterocycles. The number of aryl methyl sites for hydroxylation is 1. The first kappa shape index (κ1) is 16.6. The van der Waals surface area contributed by atoms with Crippen molar-refractivity contribution in [2.75, 3.05) is 11.9 Å². The zero-order valence-corrected chi connectivity index (χ0v) is 12.7. The predicted octanol–water partition coefficient (Wildman–Crippen LogP) is 3.06. The molecule has 0 aliphatic rings. The normalized spacial score (nSPS) is 12.7. The second kappa shape index (κ2) is 9.47. The summed E-state index contributed by atoms with van der Waals surface area (Å²) in [6.45, 7) is 8.02. The maximum absolute atomic E-state index is 5.93. The smallest absolute Gasteiger partial charge is 0.130 e. The summed E-state index contributed by atoms with van der Waals surface area (Å²) in [5, 5.41) is 3.10. The van der Waals surface area contributed by atoms with Gasteiger partial charge < -0.3 is 11.1 Å². The van der Waals surface area contributed by atoms with Crippen molar-refractivity contribution in [1.82, 2.24) is 4.98 Å². The van der Waals surface area contributed by atoms with Crippen molar-refractivity contribution in [1.29, 1.82) is 0 Å². The summed E-state index contributed by atoms with van der Waals surface area (Å²) in [6.07, 6.45) is 6.95. The number of rotatable bonds is 8. The highest BCUT2D eigenvalue weighted by molar-refractivity contribution is 5.77. The molecule has 0 fully saturated rings. The Labute approximate surface area is 126 Å². The first-order valence-corrected chi connectivity index (χ1v) is 6.89. The number of pyridine rings is 1. The van der Waals surface area contributed by atoms with Gasteiger partial charge in [0.15, 0.2) is 0 Å². The van der Waals surface area contributed by atoms with Gasteiger partial charge in [0.2, 0.25) is 0 Å². The Hall–Kier alpha value is -2.43. The van der Waals surface area contributed by atoms with E-state index >= 15 is 0 Å². The van der Waals surface area contributed by atoms with Gasteiger partial charge in [0, 0.05) is 36.6 Å². The second-order valence-corrected chi connectivity index (χ2v) is 4.72. The molecule has 1 aromatic rings. The molecule has 3 N–H and O–H groups in total. The summed E-state index contributed by atoms with van der Waals surface area (Å²) in [5.74, 6) is 0.800. The lowest BCUT2D eigenvalue weighted by Crippen LogP contribution is -2.03. The molecule has 1 heterocycles. The van der Waals surface area contributed by atoms with E-state index in [1.807, 2.05) is 32.0 Å². The topological polar surface area (TPSA) is 75.7 Å². The Balaban J connectivity index is 2.30. The van der Waals surface area contributed by atoms with Crippen molar-refractivity contribution >= 4 is 18.7 Å². The third-order valence-electron chi connectivity index (χ3n) is 2.64. The van der Waals surface area contributed by atoms with Crippen LogP contribution in [0.15, 0.2) is 51.9 Å². The van der Waals surface area contributed by atoms with E-state index in [1.54, 1.807) is 18.6 Å². The van der Waals surface area contributed by atoms with Crippen LogP contribution in [0, 0.1) is 6.92 Å². The van der Waals surface area contributed by atoms with Crippen LogP contribution >= 0.6 is 0 Å². The number of nitrogens with zero attached hydrogens (tertiary/aromatic N) is 3. The van der Waals surface area contributed by atoms with Crippen LogP contribution in [0.4, 0.5) is 5.82 Å². The van der Waals surface area contributed by atoms with Gasteiger partial charge in [-0.1, -0.05) is 6.07 Å². The fourth-order valence-corrected chi connectivity index (χ4v) is 1.62. The van der Waals surface area contributed by atoms with E-state index in [0.29, 0.717) is 0 Å². The summed E-state index contributed by atoms with van der Waals surface area (Å²) >= 11 is 0. The van der Waals surface area contributed by atoms with Gasteiger partial charge in [-0.05, 0) is 51.1 Å². The Morgan fingerprint density at radius 1 is 1.48 bits per heavy atom. The molecule has 0 saturated carbocycles. The van der Waals surface area contributed by atoms with E-state index < -0.39 is 0 Å². The monoisotopic (exact) mass is 285 g/mol. The van der Waals surface area contributed by atoms with Crippen LogP contribution in [0.1, 0.15) is 25.5 Å². The SMILES string of the molecule is C=N/C=C(/C)C=NCCC/C(N)=C/Nc1cccc(C)n1. The van der Waals surface area contributed by atoms with E-state index in [1.165, 1.54) is 0 Å². The minimum absolute atomic E-state index is 0.736. The Kier molecular flexibility index (Phi) is 7.50. The summed E-state index contributed by atoms with van der Waals surface area (Å²) in [4.78, 5) is 12.3. The van der Waals surface area contributed by atoms with Gasteiger partial charge in [-0.25, -0.2) is 4.98 Å². The van der Waals surface area contributed by atoms with Crippen LogP contribution < -0.4 is 11.1 Å². The van der Waals surface area contributed by atoms with Crippen molar-refractivity contribution in [2.45, 2.75) is 26.7 Å². The number of aliphatic imine (C=N–C) groups is 2. The number of hydrogen-bond acceptors (Lipinski definition) is 5. The molecule has 0 unspecified atom stereocenters. The largest absolute Gasteiger partial charge is 0.401 e. The molecule has 0 spiro atoms. The maximum atomic E-state index is 5.93. The van der Waals surface area contributed by atoms with Gasteiger partial charge in [-0.3, -0.25) is 9.98 Å². The minimum Gasteiger partial charge on any atom is -0.401 e. The van der Waals surface area contributed by atoms with E-state index in [-0.39, 0.29) is 0 Å². The summed E-state index contributed by atoms with van der Waals surface area (Å²) in [5.41, 5.74) is 8.68. The quantitative estimate of drug-likeness (QED) is 0.569. The maximum Gasteiger partial charge on any atom is 0.130 e. The summed E-state index contributed by atoms with van der Waals surface area (Å²) in [6, 6.07) is 5.82. The number of hydrogen-bond donors (Lipinski definition) is 2. The third kappa shape index (κ3) is 7.67. The lowest BCUT2D eigenvalue weighted by molar-refractivity contribution is 0.817. The molecule has 0 aliphatic heterocycles. The van der Waals surface area contributed by atoms with E-state index in [9.17, 15) is 0 Å². The predicted molar refractivity (Wildman–Crippen MR) is 90.8 cm³/mol. The summed E-state index contributed by atoms with van der Waals surface area (Å²) < 4.78 is 0. The number of nitrogens with one attached hydrogen (secondary N) is 1. The van der Waals surface area contributed by atoms with Gasteiger partial charge in [-0.15, -0.1) is 0 Å². The van der Waals surface area contributed by atoms with Crippen molar-refractivity contribution in [3.05, 3.63) is 47.6 Å². The van der Waals surface area contributed by atoms with Gasteiger partial charge in [0.05, 0.1) is 0 Å². The van der Waals surface area contributed by atoms with Crippen molar-refractivity contribution in [2.24, 2.45) is 15.7 Å². The van der Waals surface area contributed by atoms with Crippen LogP contribution in [0.2, 0.25) is 0 Å². The molecule has 21 heavy (non-hydrogen) atoms. The molecule has 0 aliphatic carbocycles. The molecular formula is C16H23N5. The van der Waals surface area contributed by atoms with Gasteiger partial charge in [-0.2, -0.15) is 0 Å². The van der Waals surface area contributed by atoms with Crippen molar-refractivity contribution < 1.29 is 0 Å². The third-order valence-corrected chi connectivity index (χ3v) is 2.64. The van der Waals surface area contributed by atoms with Crippen LogP contribution in [-0.4, -0.2) is 24.5 Å². The number of nitrogens with two attached hydrogens (primary N) is 1. The zero-order chi connectivity index (χ0) is 15.5.